The first-order valence-electron chi connectivity index (χ1n) is 5.61. The molecule has 0 fully saturated rings. The summed E-state index contributed by atoms with van der Waals surface area (Å²) in [4.78, 5) is 35.7. The van der Waals surface area contributed by atoms with Gasteiger partial charge in [0, 0.05) is 11.6 Å². The minimum absolute atomic E-state index is 0.239. The van der Waals surface area contributed by atoms with Gasteiger partial charge in [0.05, 0.1) is 11.9 Å². The Labute approximate surface area is 107 Å². The second-order valence-electron chi connectivity index (χ2n) is 4.21. The highest BCUT2D eigenvalue weighted by atomic mass is 16.4. The number of benzene rings is 1. The topological polar surface area (TPSA) is 112 Å². The lowest BCUT2D eigenvalue weighted by Gasteiger charge is -2.09. The summed E-state index contributed by atoms with van der Waals surface area (Å²) in [6, 6.07) is 4.67. The van der Waals surface area contributed by atoms with Crippen molar-refractivity contribution in [2.45, 2.75) is 13.3 Å². The van der Waals surface area contributed by atoms with Crippen LogP contribution in [0.1, 0.15) is 13.3 Å². The Morgan fingerprint density at radius 1 is 1.47 bits per heavy atom. The fourth-order valence-corrected chi connectivity index (χ4v) is 1.65. The molecule has 1 aromatic carbocycles. The van der Waals surface area contributed by atoms with E-state index in [-0.39, 0.29) is 6.42 Å². The van der Waals surface area contributed by atoms with E-state index in [1.54, 1.807) is 18.2 Å². The van der Waals surface area contributed by atoms with E-state index in [9.17, 15) is 14.4 Å². The van der Waals surface area contributed by atoms with Gasteiger partial charge in [-0.25, -0.2) is 4.79 Å². The number of aromatic amines is 1. The molecule has 1 unspecified atom stereocenters. The van der Waals surface area contributed by atoms with Gasteiger partial charge in [-0.2, -0.15) is 0 Å². The number of amides is 1. The van der Waals surface area contributed by atoms with Gasteiger partial charge in [-0.3, -0.25) is 14.6 Å². The lowest BCUT2D eigenvalue weighted by molar-refractivity contribution is -0.139. The van der Waals surface area contributed by atoms with Gasteiger partial charge in [0.15, 0.2) is 5.58 Å². The molecule has 1 heterocycles. The molecule has 0 bridgehead atoms. The Morgan fingerprint density at radius 3 is 2.89 bits per heavy atom. The zero-order valence-corrected chi connectivity index (χ0v) is 10.1. The molecule has 0 radical (unpaired) electrons. The molecule has 0 saturated carbocycles. The molecular formula is C12H12N2O5. The second kappa shape index (κ2) is 4.97. The monoisotopic (exact) mass is 264 g/mol. The van der Waals surface area contributed by atoms with Crippen molar-refractivity contribution in [2.75, 3.05) is 5.32 Å². The number of fused-ring (bicyclic) bond motifs is 1. The second-order valence-corrected chi connectivity index (χ2v) is 4.21. The predicted octanol–water partition coefficient (Wildman–Crippen LogP) is 1.17. The summed E-state index contributed by atoms with van der Waals surface area (Å²) < 4.78 is 4.83. The number of H-pyrrole nitrogens is 1. The average molecular weight is 264 g/mol. The van der Waals surface area contributed by atoms with Gasteiger partial charge >= 0.3 is 11.7 Å². The number of carbonyl (C=O) groups is 2. The third-order valence-electron chi connectivity index (χ3n) is 2.61. The highest BCUT2D eigenvalue weighted by Gasteiger charge is 2.16. The maximum Gasteiger partial charge on any atom is 0.417 e. The Kier molecular flexibility index (Phi) is 3.37. The summed E-state index contributed by atoms with van der Waals surface area (Å²) in [5.74, 6) is -2.64. The smallest absolute Gasteiger partial charge is 0.417 e. The summed E-state index contributed by atoms with van der Waals surface area (Å²) in [6.07, 6.45) is -0.239. The van der Waals surface area contributed by atoms with E-state index in [1.165, 1.54) is 6.92 Å². The Bertz CT molecular complexity index is 685. The number of rotatable bonds is 4. The standard InChI is InChI=1S/C12H12N2O5/c1-6(4-10(15)16)11(17)13-7-2-3-9-8(5-7)14-12(18)19-9/h2-3,5-6H,4H2,1H3,(H,13,17)(H,14,18)(H,15,16). The highest BCUT2D eigenvalue weighted by Crippen LogP contribution is 2.17. The fourth-order valence-electron chi connectivity index (χ4n) is 1.65. The maximum atomic E-state index is 11.7. The van der Waals surface area contributed by atoms with Crippen molar-refractivity contribution in [3.63, 3.8) is 0 Å². The molecule has 1 atom stereocenters. The number of hydrogen-bond acceptors (Lipinski definition) is 4. The van der Waals surface area contributed by atoms with Gasteiger partial charge in [-0.1, -0.05) is 6.92 Å². The quantitative estimate of drug-likeness (QED) is 0.767. The van der Waals surface area contributed by atoms with Crippen molar-refractivity contribution in [3.05, 3.63) is 28.7 Å². The Morgan fingerprint density at radius 2 is 2.21 bits per heavy atom. The van der Waals surface area contributed by atoms with E-state index in [1.807, 2.05) is 0 Å². The van der Waals surface area contributed by atoms with Crippen LogP contribution in [-0.2, 0) is 9.59 Å². The van der Waals surface area contributed by atoms with Crippen LogP contribution < -0.4 is 11.1 Å². The summed E-state index contributed by atoms with van der Waals surface area (Å²) >= 11 is 0. The van der Waals surface area contributed by atoms with Crippen molar-refractivity contribution in [1.82, 2.24) is 4.98 Å². The van der Waals surface area contributed by atoms with Crippen LogP contribution in [-0.4, -0.2) is 22.0 Å². The SMILES string of the molecule is CC(CC(=O)O)C(=O)Nc1ccc2oc(=O)[nH]c2c1. The van der Waals surface area contributed by atoms with Crippen LogP contribution in [0.5, 0.6) is 0 Å². The molecular weight excluding hydrogens is 252 g/mol. The molecule has 0 aliphatic rings. The number of aliphatic carboxylic acids is 1. The molecule has 0 saturated heterocycles. The maximum absolute atomic E-state index is 11.7. The third-order valence-corrected chi connectivity index (χ3v) is 2.61. The lowest BCUT2D eigenvalue weighted by Crippen LogP contribution is -2.22. The summed E-state index contributed by atoms with van der Waals surface area (Å²) in [5, 5.41) is 11.2. The van der Waals surface area contributed by atoms with E-state index < -0.39 is 23.6 Å². The van der Waals surface area contributed by atoms with E-state index in [0.717, 1.165) is 0 Å². The molecule has 0 spiro atoms. The van der Waals surface area contributed by atoms with Crippen LogP contribution in [0.3, 0.4) is 0 Å². The number of aromatic nitrogens is 1. The number of carboxylic acid groups (broad SMARTS) is 1. The van der Waals surface area contributed by atoms with Crippen molar-refractivity contribution in [2.24, 2.45) is 5.92 Å². The molecule has 7 heteroatoms. The van der Waals surface area contributed by atoms with Crippen LogP contribution in [0.2, 0.25) is 0 Å². The average Bonchev–Trinajstić information content (AvgIpc) is 2.67. The van der Waals surface area contributed by atoms with Gasteiger partial charge in [0.1, 0.15) is 0 Å². The molecule has 2 rings (SSSR count). The van der Waals surface area contributed by atoms with Gasteiger partial charge in [0.25, 0.3) is 0 Å². The number of carbonyl (C=O) groups excluding carboxylic acids is 1. The van der Waals surface area contributed by atoms with Crippen molar-refractivity contribution in [1.29, 1.82) is 0 Å². The van der Waals surface area contributed by atoms with Crippen molar-refractivity contribution >= 4 is 28.7 Å². The van der Waals surface area contributed by atoms with Crippen LogP contribution in [0, 0.1) is 5.92 Å². The van der Waals surface area contributed by atoms with Gasteiger partial charge in [-0.05, 0) is 18.2 Å². The van der Waals surface area contributed by atoms with Gasteiger partial charge < -0.3 is 14.8 Å². The highest BCUT2D eigenvalue weighted by molar-refractivity contribution is 5.95. The van der Waals surface area contributed by atoms with Gasteiger partial charge in [-0.15, -0.1) is 0 Å². The Balaban J connectivity index is 2.14. The minimum atomic E-state index is -1.03. The van der Waals surface area contributed by atoms with E-state index >= 15 is 0 Å². The van der Waals surface area contributed by atoms with E-state index in [0.29, 0.717) is 16.8 Å². The number of anilines is 1. The number of oxazole rings is 1. The van der Waals surface area contributed by atoms with E-state index in [2.05, 4.69) is 10.3 Å². The van der Waals surface area contributed by atoms with Crippen molar-refractivity contribution in [3.8, 4) is 0 Å². The lowest BCUT2D eigenvalue weighted by atomic mass is 10.1. The number of hydrogen-bond donors (Lipinski definition) is 3. The number of nitrogens with one attached hydrogen (secondary N) is 2. The van der Waals surface area contributed by atoms with Crippen LogP contribution >= 0.6 is 0 Å². The van der Waals surface area contributed by atoms with Crippen LogP contribution in [0.25, 0.3) is 11.1 Å². The first-order valence-corrected chi connectivity index (χ1v) is 5.61. The summed E-state index contributed by atoms with van der Waals surface area (Å²) in [5.41, 5.74) is 1.32. The minimum Gasteiger partial charge on any atom is -0.481 e. The van der Waals surface area contributed by atoms with Crippen LogP contribution in [0.15, 0.2) is 27.4 Å². The van der Waals surface area contributed by atoms with Crippen LogP contribution in [0.4, 0.5) is 5.69 Å². The Hall–Kier alpha value is -2.57. The molecule has 7 nitrogen and oxygen atoms in total. The molecule has 100 valence electrons. The predicted molar refractivity (Wildman–Crippen MR) is 66.9 cm³/mol. The molecule has 3 N–H and O–H groups in total. The van der Waals surface area contributed by atoms with Gasteiger partial charge in [0.2, 0.25) is 5.91 Å². The molecule has 0 aliphatic heterocycles. The number of carboxylic acids is 1. The first-order chi connectivity index (χ1) is 8.95. The summed E-state index contributed by atoms with van der Waals surface area (Å²) in [6.45, 7) is 1.53. The first kappa shape index (κ1) is 12.9. The largest absolute Gasteiger partial charge is 0.481 e. The zero-order chi connectivity index (χ0) is 14.0. The zero-order valence-electron chi connectivity index (χ0n) is 10.1. The fraction of sp³-hybridized carbons (Fsp3) is 0.250. The summed E-state index contributed by atoms with van der Waals surface area (Å²) in [7, 11) is 0. The normalized spacial score (nSPS) is 12.3. The molecule has 2 aromatic rings. The van der Waals surface area contributed by atoms with E-state index in [4.69, 9.17) is 9.52 Å². The molecule has 1 aromatic heterocycles. The molecule has 1 amide bonds. The molecule has 0 aliphatic carbocycles. The molecule has 19 heavy (non-hydrogen) atoms. The third kappa shape index (κ3) is 3.01. The van der Waals surface area contributed by atoms with Crippen molar-refractivity contribution < 1.29 is 19.1 Å².